The summed E-state index contributed by atoms with van der Waals surface area (Å²) in [5.41, 5.74) is 0.780. The number of anilines is 1. The van der Waals surface area contributed by atoms with Gasteiger partial charge < -0.3 is 10.6 Å². The van der Waals surface area contributed by atoms with Crippen LogP contribution in [0.25, 0.3) is 11.4 Å². The Morgan fingerprint density at radius 2 is 1.90 bits per heavy atom. The molecule has 4 rings (SSSR count). The third-order valence-electron chi connectivity index (χ3n) is 4.61. The molecule has 0 spiro atoms. The van der Waals surface area contributed by atoms with E-state index in [2.05, 4.69) is 20.6 Å². The zero-order valence-electron chi connectivity index (χ0n) is 15.5. The van der Waals surface area contributed by atoms with E-state index in [0.717, 1.165) is 4.90 Å². The molecular formula is C20H17N5O3S. The van der Waals surface area contributed by atoms with Crippen LogP contribution in [0.2, 0.25) is 0 Å². The van der Waals surface area contributed by atoms with Gasteiger partial charge in [0.25, 0.3) is 5.91 Å². The smallest absolute Gasteiger partial charge is 0.319 e. The molecule has 4 amide bonds. The lowest BCUT2D eigenvalue weighted by Gasteiger charge is -2.21. The molecule has 2 aromatic heterocycles. The molecule has 1 aromatic carbocycles. The fourth-order valence-corrected chi connectivity index (χ4v) is 3.79. The van der Waals surface area contributed by atoms with Crippen LogP contribution >= 0.6 is 11.3 Å². The van der Waals surface area contributed by atoms with Gasteiger partial charge in [-0.15, -0.1) is 11.3 Å². The predicted octanol–water partition coefficient (Wildman–Crippen LogP) is 2.61. The average molecular weight is 407 g/mol. The highest BCUT2D eigenvalue weighted by Crippen LogP contribution is 2.28. The van der Waals surface area contributed by atoms with Crippen molar-refractivity contribution in [2.45, 2.75) is 12.5 Å². The lowest BCUT2D eigenvalue weighted by Crippen LogP contribution is -2.42. The van der Waals surface area contributed by atoms with E-state index < -0.39 is 29.9 Å². The predicted molar refractivity (Wildman–Crippen MR) is 108 cm³/mol. The minimum absolute atomic E-state index is 0.369. The number of thiazole rings is 1. The van der Waals surface area contributed by atoms with Gasteiger partial charge in [-0.1, -0.05) is 36.4 Å². The molecular weight excluding hydrogens is 390 g/mol. The Morgan fingerprint density at radius 1 is 1.14 bits per heavy atom. The van der Waals surface area contributed by atoms with E-state index in [1.54, 1.807) is 48.8 Å². The van der Waals surface area contributed by atoms with Crippen LogP contribution in [-0.2, 0) is 15.1 Å². The summed E-state index contributed by atoms with van der Waals surface area (Å²) >= 11 is 1.24. The highest BCUT2D eigenvalue weighted by atomic mass is 32.1. The molecule has 146 valence electrons. The number of nitrogens with zero attached hydrogens (tertiary/aromatic N) is 3. The first-order chi connectivity index (χ1) is 14.0. The van der Waals surface area contributed by atoms with Gasteiger partial charge in [-0.05, 0) is 24.6 Å². The number of amides is 4. The van der Waals surface area contributed by atoms with Crippen LogP contribution in [0, 0.1) is 0 Å². The third-order valence-corrected chi connectivity index (χ3v) is 5.36. The molecule has 3 heterocycles. The van der Waals surface area contributed by atoms with E-state index in [1.165, 1.54) is 11.3 Å². The van der Waals surface area contributed by atoms with E-state index in [9.17, 15) is 14.4 Å². The first-order valence-corrected chi connectivity index (χ1v) is 9.72. The summed E-state index contributed by atoms with van der Waals surface area (Å²) in [4.78, 5) is 47.1. The molecule has 1 fully saturated rings. The highest BCUT2D eigenvalue weighted by molar-refractivity contribution is 7.14. The van der Waals surface area contributed by atoms with Gasteiger partial charge in [-0.25, -0.2) is 9.78 Å². The molecule has 1 saturated heterocycles. The van der Waals surface area contributed by atoms with Gasteiger partial charge in [0.05, 0.1) is 5.69 Å². The van der Waals surface area contributed by atoms with Gasteiger partial charge in [0, 0.05) is 11.6 Å². The summed E-state index contributed by atoms with van der Waals surface area (Å²) in [6.07, 6.45) is 1.66. The molecule has 0 radical (unpaired) electrons. The van der Waals surface area contributed by atoms with Gasteiger partial charge >= 0.3 is 6.03 Å². The Morgan fingerprint density at radius 3 is 2.62 bits per heavy atom. The van der Waals surface area contributed by atoms with Crippen molar-refractivity contribution in [3.63, 3.8) is 0 Å². The van der Waals surface area contributed by atoms with E-state index in [4.69, 9.17) is 0 Å². The van der Waals surface area contributed by atoms with Crippen molar-refractivity contribution in [2.24, 2.45) is 0 Å². The maximum Gasteiger partial charge on any atom is 0.325 e. The number of hydrogen-bond donors (Lipinski definition) is 2. The lowest BCUT2D eigenvalue weighted by atomic mass is 9.92. The van der Waals surface area contributed by atoms with E-state index in [0.29, 0.717) is 22.1 Å². The summed E-state index contributed by atoms with van der Waals surface area (Å²) in [7, 11) is 0. The fraction of sp³-hybridized carbons (Fsp3) is 0.150. The number of rotatable bonds is 5. The fourth-order valence-electron chi connectivity index (χ4n) is 3.07. The summed E-state index contributed by atoms with van der Waals surface area (Å²) in [6.45, 7) is 1.23. The first-order valence-electron chi connectivity index (χ1n) is 8.84. The minimum atomic E-state index is -1.20. The van der Waals surface area contributed by atoms with Crippen LogP contribution in [0.4, 0.5) is 9.93 Å². The normalized spacial score (nSPS) is 18.6. The molecule has 1 aliphatic heterocycles. The lowest BCUT2D eigenvalue weighted by molar-refractivity contribution is -0.133. The van der Waals surface area contributed by atoms with E-state index in [1.807, 2.05) is 18.2 Å². The number of urea groups is 1. The maximum atomic E-state index is 12.9. The van der Waals surface area contributed by atoms with Crippen molar-refractivity contribution < 1.29 is 14.4 Å². The van der Waals surface area contributed by atoms with Crippen molar-refractivity contribution in [1.82, 2.24) is 20.2 Å². The first kappa shape index (κ1) is 18.8. The van der Waals surface area contributed by atoms with Crippen LogP contribution in [0.15, 0.2) is 60.1 Å². The summed E-state index contributed by atoms with van der Waals surface area (Å²) in [5, 5.41) is 7.46. The van der Waals surface area contributed by atoms with Crippen molar-refractivity contribution >= 4 is 34.3 Å². The molecule has 2 N–H and O–H groups in total. The molecule has 0 aliphatic carbocycles. The zero-order chi connectivity index (χ0) is 20.4. The zero-order valence-corrected chi connectivity index (χ0v) is 16.3. The Labute approximate surface area is 170 Å². The Balaban J connectivity index is 1.44. The van der Waals surface area contributed by atoms with Gasteiger partial charge in [-0.3, -0.25) is 19.5 Å². The van der Waals surface area contributed by atoms with Crippen molar-refractivity contribution in [3.05, 3.63) is 65.7 Å². The molecule has 0 saturated carbocycles. The average Bonchev–Trinajstić information content (AvgIpc) is 3.28. The summed E-state index contributed by atoms with van der Waals surface area (Å²) < 4.78 is 0. The minimum Gasteiger partial charge on any atom is -0.319 e. The number of aromatic nitrogens is 2. The maximum absolute atomic E-state index is 12.9. The van der Waals surface area contributed by atoms with E-state index in [-0.39, 0.29) is 0 Å². The largest absolute Gasteiger partial charge is 0.325 e. The second-order valence-electron chi connectivity index (χ2n) is 6.61. The van der Waals surface area contributed by atoms with Crippen LogP contribution in [0.5, 0.6) is 0 Å². The molecule has 29 heavy (non-hydrogen) atoms. The summed E-state index contributed by atoms with van der Waals surface area (Å²) in [5.74, 6) is -0.982. The van der Waals surface area contributed by atoms with Crippen LogP contribution in [-0.4, -0.2) is 39.3 Å². The molecule has 0 unspecified atom stereocenters. The number of carbonyl (C=O) groups is 3. The van der Waals surface area contributed by atoms with Gasteiger partial charge in [0.1, 0.15) is 17.8 Å². The van der Waals surface area contributed by atoms with Gasteiger partial charge in [0.2, 0.25) is 5.91 Å². The molecule has 1 aliphatic rings. The standard InChI is InChI=1S/C20H17N5O3S/c1-20(13-7-3-2-4-8-13)17(27)25(19(28)24-20)11-16(26)23-18-22-15(12-29-18)14-9-5-6-10-21-14/h2-10,12H,11H2,1H3,(H,24,28)(H,22,23,26)/t20-/m0/s1. The second-order valence-corrected chi connectivity index (χ2v) is 7.47. The van der Waals surface area contributed by atoms with Gasteiger partial charge in [-0.2, -0.15) is 0 Å². The molecule has 9 heteroatoms. The number of carbonyl (C=O) groups excluding carboxylic acids is 3. The highest BCUT2D eigenvalue weighted by Gasteiger charge is 2.49. The van der Waals surface area contributed by atoms with E-state index >= 15 is 0 Å². The quantitative estimate of drug-likeness (QED) is 0.633. The van der Waals surface area contributed by atoms with Crippen molar-refractivity contribution in [1.29, 1.82) is 0 Å². The number of pyridine rings is 1. The number of benzene rings is 1. The van der Waals surface area contributed by atoms with Crippen LogP contribution in [0.3, 0.4) is 0 Å². The third kappa shape index (κ3) is 3.59. The number of nitrogens with one attached hydrogen (secondary N) is 2. The van der Waals surface area contributed by atoms with Crippen molar-refractivity contribution in [3.8, 4) is 11.4 Å². The second kappa shape index (κ2) is 7.44. The van der Waals surface area contributed by atoms with Crippen LogP contribution < -0.4 is 10.6 Å². The number of hydrogen-bond acceptors (Lipinski definition) is 6. The Hall–Kier alpha value is -3.59. The topological polar surface area (TPSA) is 104 Å². The number of imide groups is 1. The molecule has 0 bridgehead atoms. The Bertz CT molecular complexity index is 1070. The van der Waals surface area contributed by atoms with Crippen molar-refractivity contribution in [2.75, 3.05) is 11.9 Å². The molecule has 3 aromatic rings. The molecule has 8 nitrogen and oxygen atoms in total. The summed E-state index contributed by atoms with van der Waals surface area (Å²) in [6, 6.07) is 13.8. The Kier molecular flexibility index (Phi) is 4.81. The van der Waals surface area contributed by atoms with Crippen LogP contribution in [0.1, 0.15) is 12.5 Å². The van der Waals surface area contributed by atoms with Gasteiger partial charge in [0.15, 0.2) is 5.13 Å². The molecule has 1 atom stereocenters. The SMILES string of the molecule is C[C@@]1(c2ccccc2)NC(=O)N(CC(=O)Nc2nc(-c3ccccn3)cs2)C1=O. The monoisotopic (exact) mass is 407 g/mol.